The van der Waals surface area contributed by atoms with Crippen molar-refractivity contribution >= 4 is 5.97 Å². The molecular weight excluding hydrogens is 244 g/mol. The molecule has 6 nitrogen and oxygen atoms in total. The number of nitrogens with zero attached hydrogens (tertiary/aromatic N) is 2. The minimum atomic E-state index is -0.346. The number of aromatic nitrogens is 2. The first kappa shape index (κ1) is 14.0. The lowest BCUT2D eigenvalue weighted by molar-refractivity contribution is 0.0518. The second kappa shape index (κ2) is 6.68. The van der Waals surface area contributed by atoms with Gasteiger partial charge in [-0.1, -0.05) is 0 Å². The largest absolute Gasteiger partial charge is 0.461 e. The lowest BCUT2D eigenvalue weighted by Crippen LogP contribution is -2.48. The fourth-order valence-electron chi connectivity index (χ4n) is 2.24. The first-order valence-corrected chi connectivity index (χ1v) is 6.86. The molecule has 6 heteroatoms. The fourth-order valence-corrected chi connectivity index (χ4v) is 2.24. The Kier molecular flexibility index (Phi) is 4.93. The molecule has 0 unspecified atom stereocenters. The van der Waals surface area contributed by atoms with Crippen molar-refractivity contribution in [3.05, 3.63) is 17.5 Å². The van der Waals surface area contributed by atoms with E-state index in [2.05, 4.69) is 15.7 Å². The topological polar surface area (TPSA) is 68.2 Å². The average Bonchev–Trinajstić information content (AvgIpc) is 2.79. The van der Waals surface area contributed by atoms with Crippen molar-refractivity contribution in [2.45, 2.75) is 32.9 Å². The zero-order valence-corrected chi connectivity index (χ0v) is 11.6. The Bertz CT molecular complexity index is 424. The number of nitrogens with one attached hydrogen (secondary N) is 2. The predicted molar refractivity (Wildman–Crippen MR) is 72.2 cm³/mol. The number of hydrogen-bond acceptors (Lipinski definition) is 5. The highest BCUT2D eigenvalue weighted by atomic mass is 16.5. The highest BCUT2D eigenvalue weighted by molar-refractivity contribution is 5.87. The third-order valence-corrected chi connectivity index (χ3v) is 3.28. The van der Waals surface area contributed by atoms with Crippen LogP contribution in [0.3, 0.4) is 0 Å². The summed E-state index contributed by atoms with van der Waals surface area (Å²) in [6.07, 6.45) is 0.998. The Hall–Kier alpha value is -1.40. The van der Waals surface area contributed by atoms with Crippen LogP contribution < -0.4 is 10.6 Å². The van der Waals surface area contributed by atoms with Crippen LogP contribution in [0, 0.1) is 6.92 Å². The van der Waals surface area contributed by atoms with E-state index in [1.807, 2.05) is 11.6 Å². The molecule has 2 N–H and O–H groups in total. The Balaban J connectivity index is 1.90. The second-order valence-electron chi connectivity index (χ2n) is 4.76. The third kappa shape index (κ3) is 3.78. The smallest absolute Gasteiger partial charge is 0.358 e. The van der Waals surface area contributed by atoms with Gasteiger partial charge in [0.25, 0.3) is 0 Å². The van der Waals surface area contributed by atoms with Crippen molar-refractivity contribution in [3.8, 4) is 0 Å². The van der Waals surface area contributed by atoms with Gasteiger partial charge in [0.05, 0.1) is 6.61 Å². The highest BCUT2D eigenvalue weighted by Crippen LogP contribution is 2.07. The van der Waals surface area contributed by atoms with Crippen molar-refractivity contribution in [2.24, 2.45) is 0 Å². The van der Waals surface area contributed by atoms with Gasteiger partial charge in [0.15, 0.2) is 5.69 Å². The molecule has 0 aliphatic carbocycles. The number of aryl methyl sites for hydroxylation is 2. The number of hydrogen-bond donors (Lipinski definition) is 2. The van der Waals surface area contributed by atoms with Gasteiger partial charge >= 0.3 is 5.97 Å². The Labute approximate surface area is 113 Å². The lowest BCUT2D eigenvalue weighted by atomic mass is 10.1. The maximum Gasteiger partial charge on any atom is 0.358 e. The van der Waals surface area contributed by atoms with E-state index >= 15 is 0 Å². The fraction of sp³-hybridized carbons (Fsp3) is 0.692. The monoisotopic (exact) mass is 266 g/mol. The van der Waals surface area contributed by atoms with Crippen LogP contribution in [0.15, 0.2) is 6.07 Å². The first-order valence-electron chi connectivity index (χ1n) is 6.86. The number of carbonyl (C=O) groups excluding carboxylic acids is 1. The number of piperazine rings is 1. The molecule has 1 aromatic rings. The van der Waals surface area contributed by atoms with Gasteiger partial charge in [-0.05, 0) is 26.3 Å². The van der Waals surface area contributed by atoms with E-state index < -0.39 is 0 Å². The van der Waals surface area contributed by atoms with Crippen LogP contribution >= 0.6 is 0 Å². The van der Waals surface area contributed by atoms with Crippen molar-refractivity contribution in [1.29, 1.82) is 0 Å². The molecule has 0 radical (unpaired) electrons. The van der Waals surface area contributed by atoms with Crippen LogP contribution in [0.5, 0.6) is 0 Å². The summed E-state index contributed by atoms with van der Waals surface area (Å²) >= 11 is 0. The summed E-state index contributed by atoms with van der Waals surface area (Å²) in [5.74, 6) is -0.346. The zero-order chi connectivity index (χ0) is 13.7. The molecule has 0 amide bonds. The summed E-state index contributed by atoms with van der Waals surface area (Å²) in [6.45, 7) is 7.98. The van der Waals surface area contributed by atoms with Crippen molar-refractivity contribution in [1.82, 2.24) is 20.4 Å². The summed E-state index contributed by atoms with van der Waals surface area (Å²) in [4.78, 5) is 11.6. The van der Waals surface area contributed by atoms with Crippen molar-refractivity contribution in [3.63, 3.8) is 0 Å². The quantitative estimate of drug-likeness (QED) is 0.751. The Morgan fingerprint density at radius 2 is 2.42 bits per heavy atom. The molecule has 1 aliphatic heterocycles. The molecule has 0 saturated carbocycles. The Morgan fingerprint density at radius 3 is 3.11 bits per heavy atom. The Morgan fingerprint density at radius 1 is 1.58 bits per heavy atom. The summed E-state index contributed by atoms with van der Waals surface area (Å²) in [6, 6.07) is 2.26. The maximum absolute atomic E-state index is 11.6. The van der Waals surface area contributed by atoms with Gasteiger partial charge in [0.1, 0.15) is 0 Å². The molecule has 0 spiro atoms. The number of rotatable bonds is 5. The summed E-state index contributed by atoms with van der Waals surface area (Å²) in [7, 11) is 0. The molecule has 0 aromatic carbocycles. The highest BCUT2D eigenvalue weighted by Gasteiger charge is 2.15. The number of ether oxygens (including phenoxy) is 1. The van der Waals surface area contributed by atoms with Crippen LogP contribution in [0.4, 0.5) is 0 Å². The number of esters is 1. The minimum absolute atomic E-state index is 0.346. The zero-order valence-electron chi connectivity index (χ0n) is 11.6. The molecule has 2 heterocycles. The van der Waals surface area contributed by atoms with E-state index in [1.54, 1.807) is 13.0 Å². The average molecular weight is 266 g/mol. The third-order valence-electron chi connectivity index (χ3n) is 3.28. The van der Waals surface area contributed by atoms with E-state index in [0.29, 0.717) is 18.3 Å². The molecule has 19 heavy (non-hydrogen) atoms. The lowest BCUT2D eigenvalue weighted by Gasteiger charge is -2.24. The van der Waals surface area contributed by atoms with Gasteiger partial charge in [-0.2, -0.15) is 5.10 Å². The molecule has 2 rings (SSSR count). The van der Waals surface area contributed by atoms with E-state index in [1.165, 1.54) is 0 Å². The summed E-state index contributed by atoms with van der Waals surface area (Å²) in [5.41, 5.74) is 1.39. The first-order chi connectivity index (χ1) is 9.20. The van der Waals surface area contributed by atoms with Gasteiger partial charge in [-0.25, -0.2) is 4.79 Å². The normalized spacial score (nSPS) is 19.4. The van der Waals surface area contributed by atoms with Gasteiger partial charge in [-0.3, -0.25) is 4.68 Å². The molecule has 1 atom stereocenters. The predicted octanol–water partition coefficient (Wildman–Crippen LogP) is 0.320. The standard InChI is InChI=1S/C13H22N4O2/c1-3-19-13(18)12-8-10(2)17(16-12)7-4-11-9-14-5-6-15-11/h8,11,14-15H,3-7,9H2,1-2H3/t11-/m1/s1. The van der Waals surface area contributed by atoms with Crippen molar-refractivity contribution < 1.29 is 9.53 Å². The van der Waals surface area contributed by atoms with Crippen LogP contribution in [0.1, 0.15) is 29.5 Å². The molecule has 1 saturated heterocycles. The SMILES string of the molecule is CCOC(=O)c1cc(C)n(CC[C@@H]2CNCCN2)n1. The van der Waals surface area contributed by atoms with Crippen LogP contribution in [-0.4, -0.2) is 48.0 Å². The molecule has 1 aromatic heterocycles. The van der Waals surface area contributed by atoms with Gasteiger partial charge < -0.3 is 15.4 Å². The van der Waals surface area contributed by atoms with Crippen molar-refractivity contribution in [2.75, 3.05) is 26.2 Å². The summed E-state index contributed by atoms with van der Waals surface area (Å²) in [5, 5.41) is 11.1. The van der Waals surface area contributed by atoms with E-state index in [-0.39, 0.29) is 5.97 Å². The minimum Gasteiger partial charge on any atom is -0.461 e. The van der Waals surface area contributed by atoms with Crippen LogP contribution in [0.25, 0.3) is 0 Å². The molecule has 1 fully saturated rings. The van der Waals surface area contributed by atoms with Gasteiger partial charge in [0.2, 0.25) is 0 Å². The molecule has 1 aliphatic rings. The van der Waals surface area contributed by atoms with E-state index in [9.17, 15) is 4.79 Å². The van der Waals surface area contributed by atoms with Gasteiger partial charge in [-0.15, -0.1) is 0 Å². The molecular formula is C13H22N4O2. The molecule has 0 bridgehead atoms. The molecule has 106 valence electrons. The summed E-state index contributed by atoms with van der Waals surface area (Å²) < 4.78 is 6.83. The number of carbonyl (C=O) groups is 1. The van der Waals surface area contributed by atoms with E-state index in [4.69, 9.17) is 4.74 Å². The maximum atomic E-state index is 11.6. The van der Waals surface area contributed by atoms with E-state index in [0.717, 1.165) is 38.3 Å². The second-order valence-corrected chi connectivity index (χ2v) is 4.76. The van der Waals surface area contributed by atoms with Crippen LogP contribution in [0.2, 0.25) is 0 Å². The van der Waals surface area contributed by atoms with Gasteiger partial charge in [0, 0.05) is 37.9 Å². The van der Waals surface area contributed by atoms with Crippen LogP contribution in [-0.2, 0) is 11.3 Å².